The van der Waals surface area contributed by atoms with Gasteiger partial charge in [-0.1, -0.05) is 0 Å². The highest BCUT2D eigenvalue weighted by Gasteiger charge is 2.36. The molecular weight excluding hydrogens is 857 g/mol. The molecule has 0 aliphatic rings. The van der Waals surface area contributed by atoms with Crippen molar-refractivity contribution in [3.8, 4) is 46.3 Å². The number of aromatic nitrogens is 1. The van der Waals surface area contributed by atoms with Crippen molar-refractivity contribution in [3.63, 3.8) is 0 Å². The number of anilines is 3. The van der Waals surface area contributed by atoms with Gasteiger partial charge in [-0.25, -0.2) is 4.79 Å². The van der Waals surface area contributed by atoms with E-state index in [1.165, 1.54) is 54.8 Å². The first-order chi connectivity index (χ1) is 29.2. The van der Waals surface area contributed by atoms with Crippen molar-refractivity contribution in [3.05, 3.63) is 65.2 Å². The van der Waals surface area contributed by atoms with Crippen molar-refractivity contribution in [1.29, 1.82) is 0 Å². The van der Waals surface area contributed by atoms with Gasteiger partial charge in [0.15, 0.2) is 0 Å². The van der Waals surface area contributed by atoms with Gasteiger partial charge in [-0.2, -0.15) is 16.8 Å². The van der Waals surface area contributed by atoms with Gasteiger partial charge in [0.2, 0.25) is 11.8 Å². The molecule has 20 nitrogen and oxygen atoms in total. The summed E-state index contributed by atoms with van der Waals surface area (Å²) in [6, 6.07) is 12.6. The van der Waals surface area contributed by atoms with Crippen LogP contribution in [-0.2, 0) is 25.0 Å². The molecule has 4 N–H and O–H groups in total. The Labute approximate surface area is 361 Å². The molecule has 342 valence electrons. The zero-order valence-electron chi connectivity index (χ0n) is 35.9. The third-order valence-corrected chi connectivity index (χ3v) is 11.4. The fourth-order valence-electron chi connectivity index (χ4n) is 6.72. The number of benzene rings is 3. The molecule has 4 aromatic rings. The first-order valence-corrected chi connectivity index (χ1v) is 22.0. The smallest absolute Gasteiger partial charge is 0.333 e. The molecule has 0 amide bonds. The molecule has 4 rings (SSSR count). The Balaban J connectivity index is 1.93. The fraction of sp³-hybridized carbons (Fsp3) is 0.425. The summed E-state index contributed by atoms with van der Waals surface area (Å²) in [5, 5.41) is 19.7. The number of hydrogen-bond acceptors (Lipinski definition) is 17. The third-order valence-electron chi connectivity index (χ3n) is 10.0. The Morgan fingerprint density at radius 2 is 0.855 bits per heavy atom. The maximum Gasteiger partial charge on any atom is 0.333 e. The predicted octanol–water partition coefficient (Wildman–Crippen LogP) is 3.65. The Morgan fingerprint density at radius 1 is 0.565 bits per heavy atom. The molecule has 0 unspecified atom stereocenters. The van der Waals surface area contributed by atoms with Gasteiger partial charge in [0.05, 0.1) is 60.1 Å². The highest BCUT2D eigenvalue weighted by Crippen LogP contribution is 2.55. The number of carbonyl (C=O) groups is 1. The van der Waals surface area contributed by atoms with Crippen LogP contribution in [-0.4, -0.2) is 142 Å². The minimum atomic E-state index is -4.28. The molecule has 0 fully saturated rings. The SMILES string of the molecule is COc1cc(N(C)CCCC(=O)On2c(O)ccc2O)cc(OC)c1C(c1c(OC)cc(N(C)CCS(=O)(=O)O)cc1OC)c1c(OC)cc(N(C)CCS(=O)(=O)O)cc1OC. The quantitative estimate of drug-likeness (QED) is 0.0613. The second-order valence-corrected chi connectivity index (χ2v) is 17.1. The van der Waals surface area contributed by atoms with E-state index in [1.807, 2.05) is 4.90 Å². The number of nitrogens with zero attached hydrogens (tertiary/aromatic N) is 4. The highest BCUT2D eigenvalue weighted by molar-refractivity contribution is 7.86. The summed E-state index contributed by atoms with van der Waals surface area (Å²) in [7, 11) is 5.27. The molecule has 1 aromatic heterocycles. The standard InChI is InChI=1S/C40H54N4O16S2/c1-41(14-10-11-36(47)60-44-34(45)12-13-35(44)46)25-19-28(54-4)37(29(20-25)55-5)40(38-30(56-6)21-26(22-31(38)57-7)42(2)15-17-61(48,49)50)39-32(58-8)23-27(24-33(39)59-9)43(3)16-18-62(51,52)53/h12-13,19-24,40,45-46H,10-11,14-18H2,1-9H3,(H,48,49,50)(H,51,52,53). The van der Waals surface area contributed by atoms with E-state index in [2.05, 4.69) is 0 Å². The summed E-state index contributed by atoms with van der Waals surface area (Å²) in [6.07, 6.45) is 0.253. The van der Waals surface area contributed by atoms with Crippen LogP contribution in [0.5, 0.6) is 46.3 Å². The van der Waals surface area contributed by atoms with Gasteiger partial charge in [-0.3, -0.25) is 9.11 Å². The molecule has 0 atom stereocenters. The monoisotopic (exact) mass is 910 g/mol. The van der Waals surface area contributed by atoms with Crippen LogP contribution >= 0.6 is 0 Å². The average molecular weight is 911 g/mol. The van der Waals surface area contributed by atoms with Gasteiger partial charge < -0.3 is 58.2 Å². The number of hydrogen-bond donors (Lipinski definition) is 4. The van der Waals surface area contributed by atoms with Crippen molar-refractivity contribution < 1.29 is 74.2 Å². The van der Waals surface area contributed by atoms with Crippen molar-refractivity contribution in [2.75, 3.05) is 110 Å². The summed E-state index contributed by atoms with van der Waals surface area (Å²) in [5.41, 5.74) is 2.92. The normalized spacial score (nSPS) is 11.5. The van der Waals surface area contributed by atoms with Gasteiger partial charge in [-0.05, 0) is 6.42 Å². The minimum absolute atomic E-state index is 0.0585. The molecule has 0 radical (unpaired) electrons. The molecule has 0 saturated heterocycles. The number of rotatable bonds is 23. The molecule has 1 heterocycles. The summed E-state index contributed by atoms with van der Waals surface area (Å²) in [5.74, 6) is -1.84. The summed E-state index contributed by atoms with van der Waals surface area (Å²) >= 11 is 0. The second-order valence-electron chi connectivity index (χ2n) is 14.0. The van der Waals surface area contributed by atoms with Gasteiger partial charge in [0.1, 0.15) is 34.5 Å². The Hall–Kier alpha value is -5.97. The molecule has 0 spiro atoms. The lowest BCUT2D eigenvalue weighted by molar-refractivity contribution is -0.145. The van der Waals surface area contributed by atoms with Gasteiger partial charge in [-0.15, -0.1) is 4.73 Å². The van der Waals surface area contributed by atoms with Crippen molar-refractivity contribution >= 4 is 43.3 Å². The lowest BCUT2D eigenvalue weighted by Crippen LogP contribution is -2.25. The molecular formula is C40H54N4O16S2. The van der Waals surface area contributed by atoms with Crippen molar-refractivity contribution in [2.24, 2.45) is 0 Å². The molecule has 3 aromatic carbocycles. The highest BCUT2D eigenvalue weighted by atomic mass is 32.2. The minimum Gasteiger partial charge on any atom is -0.496 e. The van der Waals surface area contributed by atoms with Gasteiger partial charge in [0, 0.05) is 129 Å². The van der Waals surface area contributed by atoms with E-state index >= 15 is 0 Å². The molecule has 62 heavy (non-hydrogen) atoms. The van der Waals surface area contributed by atoms with E-state index in [1.54, 1.807) is 67.3 Å². The molecule has 22 heteroatoms. The fourth-order valence-corrected chi connectivity index (χ4v) is 7.73. The lowest BCUT2D eigenvalue weighted by atomic mass is 9.81. The zero-order valence-corrected chi connectivity index (χ0v) is 37.6. The number of carbonyl (C=O) groups excluding carboxylic acids is 1. The van der Waals surface area contributed by atoms with E-state index in [9.17, 15) is 40.9 Å². The van der Waals surface area contributed by atoms with E-state index in [4.69, 9.17) is 33.3 Å². The lowest BCUT2D eigenvalue weighted by Gasteiger charge is -2.31. The predicted molar refractivity (Wildman–Crippen MR) is 231 cm³/mol. The van der Waals surface area contributed by atoms with Crippen LogP contribution in [0, 0.1) is 0 Å². The summed E-state index contributed by atoms with van der Waals surface area (Å²) in [4.78, 5) is 22.7. The van der Waals surface area contributed by atoms with Crippen LogP contribution < -0.4 is 48.0 Å². The third kappa shape index (κ3) is 11.9. The second kappa shape index (κ2) is 20.7. The first-order valence-electron chi connectivity index (χ1n) is 18.8. The van der Waals surface area contributed by atoms with Crippen molar-refractivity contribution in [2.45, 2.75) is 18.8 Å². The maximum absolute atomic E-state index is 12.6. The van der Waals surface area contributed by atoms with Crippen LogP contribution in [0.1, 0.15) is 35.4 Å². The largest absolute Gasteiger partial charge is 0.496 e. The molecule has 0 saturated carbocycles. The van der Waals surface area contributed by atoms with Crippen LogP contribution in [0.2, 0.25) is 0 Å². The van der Waals surface area contributed by atoms with Crippen LogP contribution in [0.15, 0.2) is 48.5 Å². The molecule has 0 aliphatic carbocycles. The van der Waals surface area contributed by atoms with Gasteiger partial charge in [0.25, 0.3) is 20.2 Å². The van der Waals surface area contributed by atoms with Crippen LogP contribution in [0.3, 0.4) is 0 Å². The van der Waals surface area contributed by atoms with Gasteiger partial charge >= 0.3 is 5.97 Å². The topological polar surface area (TPSA) is 246 Å². The van der Waals surface area contributed by atoms with Crippen LogP contribution in [0.25, 0.3) is 0 Å². The summed E-state index contributed by atoms with van der Waals surface area (Å²) < 4.78 is 102. The van der Waals surface area contributed by atoms with E-state index in [0.717, 1.165) is 0 Å². The Kier molecular flexibility index (Phi) is 16.3. The maximum atomic E-state index is 12.6. The van der Waals surface area contributed by atoms with E-state index in [0.29, 0.717) is 62.9 Å². The summed E-state index contributed by atoms with van der Waals surface area (Å²) in [6.45, 7) is 0.205. The number of aromatic hydroxyl groups is 2. The average Bonchev–Trinajstić information content (AvgIpc) is 3.55. The van der Waals surface area contributed by atoms with E-state index < -0.39 is 55.4 Å². The van der Waals surface area contributed by atoms with E-state index in [-0.39, 0.29) is 42.5 Å². The van der Waals surface area contributed by atoms with Crippen LogP contribution in [0.4, 0.5) is 17.1 Å². The Bertz CT molecular complexity index is 2230. The van der Waals surface area contributed by atoms with Crippen molar-refractivity contribution in [1.82, 2.24) is 4.73 Å². The molecule has 0 aliphatic heterocycles. The number of methoxy groups -OCH3 is 6. The number of ether oxygens (including phenoxy) is 6. The first kappa shape index (κ1) is 48.7. The zero-order chi connectivity index (χ0) is 46.1. The Morgan fingerprint density at radius 3 is 1.13 bits per heavy atom. The molecule has 0 bridgehead atoms.